The van der Waals surface area contributed by atoms with Crippen LogP contribution in [-0.4, -0.2) is 26.3 Å². The van der Waals surface area contributed by atoms with Crippen molar-refractivity contribution in [3.8, 4) is 6.07 Å². The van der Waals surface area contributed by atoms with E-state index in [1.165, 1.54) is 12.1 Å². The van der Waals surface area contributed by atoms with Gasteiger partial charge in [0.2, 0.25) is 5.91 Å². The Labute approximate surface area is 127 Å². The highest BCUT2D eigenvalue weighted by Gasteiger charge is 2.16. The Morgan fingerprint density at radius 1 is 1.40 bits per heavy atom. The van der Waals surface area contributed by atoms with E-state index in [-0.39, 0.29) is 17.2 Å². The molecule has 0 radical (unpaired) electrons. The van der Waals surface area contributed by atoms with E-state index < -0.39 is 21.8 Å². The average Bonchev–Trinajstić information content (AvgIpc) is 2.36. The first-order valence-corrected chi connectivity index (χ1v) is 8.36. The number of nitrogens with one attached hydrogen (secondary N) is 1. The molecule has 0 saturated heterocycles. The van der Waals surface area contributed by atoms with Gasteiger partial charge in [-0.1, -0.05) is 29.3 Å². The molecule has 0 bridgehead atoms. The maximum Gasteiger partial charge on any atom is 0.222 e. The summed E-state index contributed by atoms with van der Waals surface area (Å²) in [6.07, 6.45) is 0.847. The molecule has 1 aromatic carbocycles. The van der Waals surface area contributed by atoms with Gasteiger partial charge in [0, 0.05) is 12.7 Å². The Bertz CT molecular complexity index is 653. The van der Waals surface area contributed by atoms with Crippen molar-refractivity contribution < 1.29 is 13.2 Å². The molecule has 108 valence electrons. The first-order valence-electron chi connectivity index (χ1n) is 5.54. The summed E-state index contributed by atoms with van der Waals surface area (Å²) in [5, 5.41) is 12.1. The molecule has 0 aliphatic heterocycles. The number of rotatable bonds is 5. The first-order chi connectivity index (χ1) is 9.23. The summed E-state index contributed by atoms with van der Waals surface area (Å²) in [4.78, 5) is 11.6. The Kier molecular flexibility index (Phi) is 5.81. The first kappa shape index (κ1) is 16.8. The molecule has 0 heterocycles. The molecule has 1 aromatic rings. The summed E-state index contributed by atoms with van der Waals surface area (Å²) in [6, 6.07) is 5.57. The van der Waals surface area contributed by atoms with Gasteiger partial charge in [-0.15, -0.1) is 0 Å². The number of benzene rings is 1. The number of nitrogens with zero attached hydrogens (tertiary/aromatic N) is 1. The van der Waals surface area contributed by atoms with Gasteiger partial charge >= 0.3 is 0 Å². The van der Waals surface area contributed by atoms with E-state index in [2.05, 4.69) is 5.32 Å². The van der Waals surface area contributed by atoms with Gasteiger partial charge in [0.05, 0.1) is 21.9 Å². The summed E-state index contributed by atoms with van der Waals surface area (Å²) < 4.78 is 21.9. The van der Waals surface area contributed by atoms with E-state index >= 15 is 0 Å². The second-order valence-corrected chi connectivity index (χ2v) is 7.26. The number of hydrogen-bond acceptors (Lipinski definition) is 4. The normalized spacial score (nSPS) is 12.5. The van der Waals surface area contributed by atoms with Crippen LogP contribution in [0, 0.1) is 11.3 Å². The quantitative estimate of drug-likeness (QED) is 0.893. The number of carbonyl (C=O) groups is 1. The van der Waals surface area contributed by atoms with E-state index in [1.54, 1.807) is 6.07 Å². The fourth-order valence-corrected chi connectivity index (χ4v) is 2.26. The van der Waals surface area contributed by atoms with Crippen LogP contribution in [0.5, 0.6) is 0 Å². The Hall–Kier alpha value is -1.29. The van der Waals surface area contributed by atoms with Crippen LogP contribution in [0.25, 0.3) is 0 Å². The van der Waals surface area contributed by atoms with Crippen molar-refractivity contribution in [2.45, 2.75) is 12.5 Å². The van der Waals surface area contributed by atoms with Crippen LogP contribution >= 0.6 is 23.2 Å². The third-order valence-corrected chi connectivity index (χ3v) is 4.10. The molecule has 0 spiro atoms. The van der Waals surface area contributed by atoms with Crippen molar-refractivity contribution in [2.75, 3.05) is 12.0 Å². The number of sulfone groups is 1. The number of hydrogen-bond donors (Lipinski definition) is 1. The number of halogens is 2. The van der Waals surface area contributed by atoms with E-state index in [0.29, 0.717) is 10.6 Å². The molecular formula is C12H12Cl2N2O3S. The molecule has 1 atom stereocenters. The Morgan fingerprint density at radius 3 is 2.55 bits per heavy atom. The van der Waals surface area contributed by atoms with Crippen LogP contribution in [0.1, 0.15) is 18.0 Å². The second-order valence-electron chi connectivity index (χ2n) is 4.18. The third-order valence-electron chi connectivity index (χ3n) is 2.41. The molecular weight excluding hydrogens is 323 g/mol. The van der Waals surface area contributed by atoms with Crippen LogP contribution in [-0.2, 0) is 14.6 Å². The highest BCUT2D eigenvalue weighted by atomic mass is 35.5. The van der Waals surface area contributed by atoms with Crippen molar-refractivity contribution in [3.05, 3.63) is 33.8 Å². The topological polar surface area (TPSA) is 87.0 Å². The molecule has 1 amide bonds. The second kappa shape index (κ2) is 6.93. The summed E-state index contributed by atoms with van der Waals surface area (Å²) in [7, 11) is -3.22. The molecule has 20 heavy (non-hydrogen) atoms. The lowest BCUT2D eigenvalue weighted by Gasteiger charge is -2.12. The standard InChI is InChI=1S/C12H12Cl2N2O3S/c1-20(18,19)5-4-12(17)16-11(7-15)8-2-3-9(13)10(14)6-8/h2-3,6,11H,4-5H2,1H3,(H,16,17). The molecule has 0 aliphatic rings. The van der Waals surface area contributed by atoms with Gasteiger partial charge in [-0.2, -0.15) is 5.26 Å². The number of nitriles is 1. The third kappa shape index (κ3) is 5.37. The van der Waals surface area contributed by atoms with E-state index in [4.69, 9.17) is 28.5 Å². The monoisotopic (exact) mass is 334 g/mol. The molecule has 5 nitrogen and oxygen atoms in total. The lowest BCUT2D eigenvalue weighted by Crippen LogP contribution is -2.29. The lowest BCUT2D eigenvalue weighted by atomic mass is 10.1. The zero-order chi connectivity index (χ0) is 15.3. The van der Waals surface area contributed by atoms with Crippen molar-refractivity contribution >= 4 is 38.9 Å². The predicted molar refractivity (Wildman–Crippen MR) is 77.3 cm³/mol. The molecule has 1 N–H and O–H groups in total. The van der Waals surface area contributed by atoms with Crippen LogP contribution < -0.4 is 5.32 Å². The minimum Gasteiger partial charge on any atom is -0.337 e. The maximum absolute atomic E-state index is 11.6. The summed E-state index contributed by atoms with van der Waals surface area (Å²) in [5.41, 5.74) is 0.481. The smallest absolute Gasteiger partial charge is 0.222 e. The molecule has 8 heteroatoms. The van der Waals surface area contributed by atoms with Gasteiger partial charge in [0.1, 0.15) is 15.9 Å². The molecule has 1 rings (SSSR count). The van der Waals surface area contributed by atoms with Gasteiger partial charge in [-0.25, -0.2) is 8.42 Å². The average molecular weight is 335 g/mol. The zero-order valence-electron chi connectivity index (χ0n) is 10.6. The van der Waals surface area contributed by atoms with E-state index in [9.17, 15) is 13.2 Å². The van der Waals surface area contributed by atoms with Crippen molar-refractivity contribution in [3.63, 3.8) is 0 Å². The fourth-order valence-electron chi connectivity index (χ4n) is 1.39. The summed E-state index contributed by atoms with van der Waals surface area (Å²) in [6.45, 7) is 0. The highest BCUT2D eigenvalue weighted by Crippen LogP contribution is 2.25. The summed E-state index contributed by atoms with van der Waals surface area (Å²) >= 11 is 11.6. The van der Waals surface area contributed by atoms with Gasteiger partial charge in [0.15, 0.2) is 0 Å². The highest BCUT2D eigenvalue weighted by molar-refractivity contribution is 7.90. The van der Waals surface area contributed by atoms with Crippen LogP contribution in [0.15, 0.2) is 18.2 Å². The summed E-state index contributed by atoms with van der Waals surface area (Å²) in [5.74, 6) is -0.786. The van der Waals surface area contributed by atoms with Gasteiger partial charge < -0.3 is 5.32 Å². The van der Waals surface area contributed by atoms with Crippen LogP contribution in [0.4, 0.5) is 0 Å². The number of carbonyl (C=O) groups excluding carboxylic acids is 1. The Balaban J connectivity index is 2.75. The molecule has 0 saturated carbocycles. The SMILES string of the molecule is CS(=O)(=O)CCC(=O)NC(C#N)c1ccc(Cl)c(Cl)c1. The van der Waals surface area contributed by atoms with Crippen molar-refractivity contribution in [2.24, 2.45) is 0 Å². The Morgan fingerprint density at radius 2 is 2.05 bits per heavy atom. The van der Waals surface area contributed by atoms with Gasteiger partial charge in [0.25, 0.3) is 0 Å². The minimum absolute atomic E-state index is 0.196. The van der Waals surface area contributed by atoms with E-state index in [1.807, 2.05) is 6.07 Å². The van der Waals surface area contributed by atoms with Crippen LogP contribution in [0.3, 0.4) is 0 Å². The number of amides is 1. The minimum atomic E-state index is -3.22. The molecule has 0 fully saturated rings. The molecule has 0 aliphatic carbocycles. The maximum atomic E-state index is 11.6. The zero-order valence-corrected chi connectivity index (χ0v) is 12.9. The fraction of sp³-hybridized carbons (Fsp3) is 0.333. The lowest BCUT2D eigenvalue weighted by molar-refractivity contribution is -0.121. The molecule has 1 unspecified atom stereocenters. The van der Waals surface area contributed by atoms with E-state index in [0.717, 1.165) is 6.26 Å². The van der Waals surface area contributed by atoms with Gasteiger partial charge in [-0.3, -0.25) is 4.79 Å². The van der Waals surface area contributed by atoms with Crippen molar-refractivity contribution in [1.29, 1.82) is 5.26 Å². The molecule has 0 aromatic heterocycles. The van der Waals surface area contributed by atoms with Crippen LogP contribution in [0.2, 0.25) is 10.0 Å². The van der Waals surface area contributed by atoms with Gasteiger partial charge in [-0.05, 0) is 17.7 Å². The largest absolute Gasteiger partial charge is 0.337 e. The van der Waals surface area contributed by atoms with Crippen molar-refractivity contribution in [1.82, 2.24) is 5.32 Å². The predicted octanol–water partition coefficient (Wildman–Crippen LogP) is 2.11.